The predicted octanol–water partition coefficient (Wildman–Crippen LogP) is 14.0. The lowest BCUT2D eigenvalue weighted by Gasteiger charge is -2.12. The highest BCUT2D eigenvalue weighted by molar-refractivity contribution is 4.57. The van der Waals surface area contributed by atoms with E-state index >= 15 is 0 Å². The highest BCUT2D eigenvalue weighted by Crippen LogP contribution is 2.16. The molecule has 0 aliphatic rings. The summed E-state index contributed by atoms with van der Waals surface area (Å²) in [7, 11) is 0. The number of aliphatic hydroxyl groups is 1. The standard InChI is InChI=1S/C40H83NO/c1-3-5-7-9-11-13-15-17-19-21-23-25-27-29-31-33-35-37-39-41-40(42)38-36-34-32-30-28-26-24-22-20-18-16-14-12-10-8-6-4-2/h40-42H,3-39H2,1-2H3. The SMILES string of the molecule is CCCCCCCCCCCCCCCCCCCCNC(O)CCCCCCCCCCCCCCCCCCC. The van der Waals surface area contributed by atoms with Crippen LogP contribution in [0.3, 0.4) is 0 Å². The fraction of sp³-hybridized carbons (Fsp3) is 1.00. The van der Waals surface area contributed by atoms with Crippen molar-refractivity contribution >= 4 is 0 Å². The Kier molecular flexibility index (Phi) is 38.9. The molecule has 0 radical (unpaired) electrons. The second-order valence-corrected chi connectivity index (χ2v) is 13.9. The summed E-state index contributed by atoms with van der Waals surface area (Å²) in [6.45, 7) is 5.58. The second kappa shape index (κ2) is 38.9. The van der Waals surface area contributed by atoms with Gasteiger partial charge >= 0.3 is 0 Å². The molecule has 0 amide bonds. The largest absolute Gasteiger partial charge is 0.379 e. The predicted molar refractivity (Wildman–Crippen MR) is 192 cm³/mol. The molecule has 1 atom stereocenters. The van der Waals surface area contributed by atoms with Crippen molar-refractivity contribution in [1.29, 1.82) is 0 Å². The zero-order chi connectivity index (χ0) is 30.4. The molecule has 0 bridgehead atoms. The van der Waals surface area contributed by atoms with Crippen LogP contribution in [0.15, 0.2) is 0 Å². The van der Waals surface area contributed by atoms with Crippen molar-refractivity contribution < 1.29 is 5.11 Å². The summed E-state index contributed by atoms with van der Waals surface area (Å²) in [6.07, 6.45) is 50.2. The van der Waals surface area contributed by atoms with Gasteiger partial charge in [-0.15, -0.1) is 0 Å². The normalized spacial score (nSPS) is 12.4. The van der Waals surface area contributed by atoms with E-state index in [-0.39, 0.29) is 6.23 Å². The molecule has 1 unspecified atom stereocenters. The maximum atomic E-state index is 10.2. The molecule has 42 heavy (non-hydrogen) atoms. The van der Waals surface area contributed by atoms with Gasteiger partial charge in [0, 0.05) is 0 Å². The number of hydrogen-bond acceptors (Lipinski definition) is 2. The molecule has 0 spiro atoms. The van der Waals surface area contributed by atoms with E-state index in [2.05, 4.69) is 19.2 Å². The Labute approximate surface area is 267 Å². The molecule has 0 aliphatic heterocycles. The van der Waals surface area contributed by atoms with E-state index in [1.165, 1.54) is 225 Å². The van der Waals surface area contributed by atoms with Gasteiger partial charge in [0.2, 0.25) is 0 Å². The number of unbranched alkanes of at least 4 members (excludes halogenated alkanes) is 33. The molecule has 2 heteroatoms. The maximum absolute atomic E-state index is 10.2. The first-order valence-corrected chi connectivity index (χ1v) is 20.2. The molecular formula is C40H83NO. The van der Waals surface area contributed by atoms with Gasteiger partial charge in [0.15, 0.2) is 0 Å². The van der Waals surface area contributed by atoms with Crippen molar-refractivity contribution in [2.24, 2.45) is 0 Å². The number of aliphatic hydroxyl groups excluding tert-OH is 1. The average Bonchev–Trinajstić information content (AvgIpc) is 3.00. The fourth-order valence-electron chi connectivity index (χ4n) is 6.46. The van der Waals surface area contributed by atoms with Crippen LogP contribution in [0.25, 0.3) is 0 Å². The summed E-state index contributed by atoms with van der Waals surface area (Å²) in [5.74, 6) is 0. The van der Waals surface area contributed by atoms with E-state index < -0.39 is 0 Å². The van der Waals surface area contributed by atoms with Crippen molar-refractivity contribution in [2.75, 3.05) is 6.54 Å². The van der Waals surface area contributed by atoms with E-state index in [1.807, 2.05) is 0 Å². The molecule has 0 fully saturated rings. The van der Waals surface area contributed by atoms with E-state index in [4.69, 9.17) is 0 Å². The van der Waals surface area contributed by atoms with Crippen LogP contribution in [0.1, 0.15) is 245 Å². The van der Waals surface area contributed by atoms with Crippen molar-refractivity contribution in [2.45, 2.75) is 251 Å². The summed E-state index contributed by atoms with van der Waals surface area (Å²) in [5, 5.41) is 13.6. The summed E-state index contributed by atoms with van der Waals surface area (Å²) >= 11 is 0. The number of rotatable bonds is 38. The Morgan fingerprint density at radius 1 is 0.310 bits per heavy atom. The minimum absolute atomic E-state index is 0.285. The van der Waals surface area contributed by atoms with Crippen molar-refractivity contribution in [3.05, 3.63) is 0 Å². The molecule has 0 rings (SSSR count). The average molecular weight is 594 g/mol. The fourth-order valence-corrected chi connectivity index (χ4v) is 6.46. The molecule has 2 nitrogen and oxygen atoms in total. The quantitative estimate of drug-likeness (QED) is 0.0551. The van der Waals surface area contributed by atoms with Crippen LogP contribution in [0.5, 0.6) is 0 Å². The molecular weight excluding hydrogens is 510 g/mol. The van der Waals surface area contributed by atoms with E-state index in [0.717, 1.165) is 13.0 Å². The van der Waals surface area contributed by atoms with Gasteiger partial charge in [0.05, 0.1) is 0 Å². The smallest absolute Gasteiger partial charge is 0.104 e. The van der Waals surface area contributed by atoms with Gasteiger partial charge in [0.25, 0.3) is 0 Å². The zero-order valence-corrected chi connectivity index (χ0v) is 29.7. The van der Waals surface area contributed by atoms with E-state index in [1.54, 1.807) is 0 Å². The van der Waals surface area contributed by atoms with Gasteiger partial charge in [-0.1, -0.05) is 226 Å². The Balaban J connectivity index is 3.13. The molecule has 254 valence electrons. The molecule has 0 aromatic carbocycles. The molecule has 0 aliphatic carbocycles. The van der Waals surface area contributed by atoms with Crippen LogP contribution in [0, 0.1) is 0 Å². The Hall–Kier alpha value is -0.0800. The number of nitrogens with one attached hydrogen (secondary N) is 1. The lowest BCUT2D eigenvalue weighted by Crippen LogP contribution is -2.29. The van der Waals surface area contributed by atoms with Crippen LogP contribution >= 0.6 is 0 Å². The van der Waals surface area contributed by atoms with E-state index in [0.29, 0.717) is 0 Å². The summed E-state index contributed by atoms with van der Waals surface area (Å²) < 4.78 is 0. The second-order valence-electron chi connectivity index (χ2n) is 13.9. The third-order valence-electron chi connectivity index (χ3n) is 9.49. The Bertz CT molecular complexity index is 453. The Morgan fingerprint density at radius 2 is 0.524 bits per heavy atom. The van der Waals surface area contributed by atoms with Crippen LogP contribution in [-0.2, 0) is 0 Å². The van der Waals surface area contributed by atoms with Gasteiger partial charge < -0.3 is 5.11 Å². The van der Waals surface area contributed by atoms with Crippen LogP contribution in [0.4, 0.5) is 0 Å². The van der Waals surface area contributed by atoms with Gasteiger partial charge in [-0.3, -0.25) is 5.32 Å². The molecule has 2 N–H and O–H groups in total. The topological polar surface area (TPSA) is 32.3 Å². The van der Waals surface area contributed by atoms with Crippen LogP contribution < -0.4 is 5.32 Å². The molecule has 0 saturated carbocycles. The van der Waals surface area contributed by atoms with Crippen molar-refractivity contribution in [3.8, 4) is 0 Å². The summed E-state index contributed by atoms with van der Waals surface area (Å²) in [5.41, 5.74) is 0. The summed E-state index contributed by atoms with van der Waals surface area (Å²) in [4.78, 5) is 0. The van der Waals surface area contributed by atoms with Gasteiger partial charge in [-0.05, 0) is 25.8 Å². The lowest BCUT2D eigenvalue weighted by atomic mass is 10.0. The molecule has 0 aromatic rings. The summed E-state index contributed by atoms with van der Waals surface area (Å²) in [6, 6.07) is 0. The first-order chi connectivity index (χ1) is 20.8. The first-order valence-electron chi connectivity index (χ1n) is 20.2. The maximum Gasteiger partial charge on any atom is 0.104 e. The third-order valence-corrected chi connectivity index (χ3v) is 9.49. The molecule has 0 saturated heterocycles. The van der Waals surface area contributed by atoms with Crippen LogP contribution in [-0.4, -0.2) is 17.9 Å². The first kappa shape index (κ1) is 41.9. The molecule has 0 aromatic heterocycles. The minimum Gasteiger partial charge on any atom is -0.379 e. The Morgan fingerprint density at radius 3 is 0.786 bits per heavy atom. The lowest BCUT2D eigenvalue weighted by molar-refractivity contribution is 0.124. The van der Waals surface area contributed by atoms with Crippen LogP contribution in [0.2, 0.25) is 0 Å². The van der Waals surface area contributed by atoms with Gasteiger partial charge in [-0.25, -0.2) is 0 Å². The molecule has 0 heterocycles. The monoisotopic (exact) mass is 594 g/mol. The van der Waals surface area contributed by atoms with Crippen molar-refractivity contribution in [3.63, 3.8) is 0 Å². The highest BCUT2D eigenvalue weighted by atomic mass is 16.3. The van der Waals surface area contributed by atoms with E-state index in [9.17, 15) is 5.11 Å². The minimum atomic E-state index is -0.285. The number of hydrogen-bond donors (Lipinski definition) is 2. The van der Waals surface area contributed by atoms with Crippen molar-refractivity contribution in [1.82, 2.24) is 5.32 Å². The zero-order valence-electron chi connectivity index (χ0n) is 29.7. The van der Waals surface area contributed by atoms with Gasteiger partial charge in [0.1, 0.15) is 6.23 Å². The highest BCUT2D eigenvalue weighted by Gasteiger charge is 2.03. The third kappa shape index (κ3) is 37.9. The van der Waals surface area contributed by atoms with Gasteiger partial charge in [-0.2, -0.15) is 0 Å².